The van der Waals surface area contributed by atoms with Gasteiger partial charge in [0.05, 0.1) is 19.9 Å². The van der Waals surface area contributed by atoms with Crippen LogP contribution in [-0.2, 0) is 11.3 Å². The number of rotatable bonds is 6. The summed E-state index contributed by atoms with van der Waals surface area (Å²) in [7, 11) is 3.15. The zero-order chi connectivity index (χ0) is 21.1. The molecule has 30 heavy (non-hydrogen) atoms. The number of methoxy groups -OCH3 is 2. The Morgan fingerprint density at radius 2 is 1.87 bits per heavy atom. The second-order valence-electron chi connectivity index (χ2n) is 7.56. The molecule has 1 aliphatic rings. The normalized spacial score (nSPS) is 14.6. The number of carbonyl (C=O) groups is 1. The van der Waals surface area contributed by atoms with Crippen LogP contribution in [0.4, 0.5) is 0 Å². The van der Waals surface area contributed by atoms with E-state index in [1.807, 2.05) is 12.1 Å². The third-order valence-corrected chi connectivity index (χ3v) is 5.57. The van der Waals surface area contributed by atoms with Crippen molar-refractivity contribution in [1.29, 1.82) is 0 Å². The lowest BCUT2D eigenvalue weighted by atomic mass is 9.95. The highest BCUT2D eigenvalue weighted by atomic mass is 16.5. The van der Waals surface area contributed by atoms with Gasteiger partial charge in [0.25, 0.3) is 5.56 Å². The Bertz CT molecular complexity index is 1110. The summed E-state index contributed by atoms with van der Waals surface area (Å²) in [6.07, 6.45) is 8.83. The molecule has 0 saturated heterocycles. The molecule has 1 saturated carbocycles. The summed E-state index contributed by atoms with van der Waals surface area (Å²) in [6.45, 7) is 0.00268. The quantitative estimate of drug-likeness (QED) is 0.675. The van der Waals surface area contributed by atoms with Crippen LogP contribution in [0.25, 0.3) is 16.8 Å². The zero-order valence-electron chi connectivity index (χ0n) is 17.3. The Morgan fingerprint density at radius 1 is 1.10 bits per heavy atom. The van der Waals surface area contributed by atoms with Gasteiger partial charge in [-0.2, -0.15) is 5.10 Å². The number of hydrogen-bond donors (Lipinski definition) is 1. The van der Waals surface area contributed by atoms with Gasteiger partial charge in [0.2, 0.25) is 5.91 Å². The number of fused-ring (bicyclic) bond motifs is 1. The average molecular weight is 410 g/mol. The first-order valence-electron chi connectivity index (χ1n) is 10.2. The van der Waals surface area contributed by atoms with Crippen molar-refractivity contribution in [3.63, 3.8) is 0 Å². The second kappa shape index (κ2) is 8.61. The third kappa shape index (κ3) is 4.03. The summed E-state index contributed by atoms with van der Waals surface area (Å²) in [5.74, 6) is 1.08. The molecule has 1 aromatic carbocycles. The Labute approximate surface area is 174 Å². The van der Waals surface area contributed by atoms with Gasteiger partial charge in [0.1, 0.15) is 12.1 Å². The van der Waals surface area contributed by atoms with Gasteiger partial charge in [0, 0.05) is 24.0 Å². The minimum Gasteiger partial charge on any atom is -0.493 e. The van der Waals surface area contributed by atoms with Crippen molar-refractivity contribution in [2.45, 2.75) is 44.7 Å². The molecule has 8 heteroatoms. The highest BCUT2D eigenvalue weighted by Crippen LogP contribution is 2.31. The maximum Gasteiger partial charge on any atom is 0.277 e. The highest BCUT2D eigenvalue weighted by molar-refractivity contribution is 5.76. The Hall–Kier alpha value is -3.29. The summed E-state index contributed by atoms with van der Waals surface area (Å²) in [6, 6.07) is 7.42. The Morgan fingerprint density at radius 3 is 2.60 bits per heavy atom. The first kappa shape index (κ1) is 20.0. The number of aromatic nitrogens is 3. The van der Waals surface area contributed by atoms with Gasteiger partial charge in [-0.05, 0) is 37.1 Å². The van der Waals surface area contributed by atoms with Crippen molar-refractivity contribution in [1.82, 2.24) is 19.5 Å². The fourth-order valence-corrected chi connectivity index (χ4v) is 3.96. The van der Waals surface area contributed by atoms with Gasteiger partial charge in [0.15, 0.2) is 11.5 Å². The largest absolute Gasteiger partial charge is 0.493 e. The predicted molar refractivity (Wildman–Crippen MR) is 113 cm³/mol. The molecule has 1 N–H and O–H groups in total. The molecule has 158 valence electrons. The van der Waals surface area contributed by atoms with E-state index < -0.39 is 0 Å². The number of ether oxygens (including phenoxy) is 2. The van der Waals surface area contributed by atoms with E-state index in [0.717, 1.165) is 31.2 Å². The predicted octanol–water partition coefficient (Wildman–Crippen LogP) is 2.63. The van der Waals surface area contributed by atoms with E-state index in [1.54, 1.807) is 38.7 Å². The highest BCUT2D eigenvalue weighted by Gasteiger charge is 2.17. The molecule has 0 radical (unpaired) electrons. The van der Waals surface area contributed by atoms with E-state index in [-0.39, 0.29) is 24.1 Å². The Balaban J connectivity index is 1.57. The minimum absolute atomic E-state index is 0.00268. The van der Waals surface area contributed by atoms with E-state index in [2.05, 4.69) is 10.4 Å². The van der Waals surface area contributed by atoms with Crippen molar-refractivity contribution in [2.75, 3.05) is 14.2 Å². The van der Waals surface area contributed by atoms with Crippen LogP contribution in [0.2, 0.25) is 0 Å². The molecule has 4 rings (SSSR count). The fraction of sp³-hybridized carbons (Fsp3) is 0.409. The van der Waals surface area contributed by atoms with Gasteiger partial charge in [-0.3, -0.25) is 9.59 Å². The molecule has 0 spiro atoms. The summed E-state index contributed by atoms with van der Waals surface area (Å²) in [5.41, 5.74) is 1.60. The van der Waals surface area contributed by atoms with Crippen molar-refractivity contribution in [2.24, 2.45) is 0 Å². The molecule has 2 heterocycles. The Kier molecular flexibility index (Phi) is 5.74. The summed E-state index contributed by atoms with van der Waals surface area (Å²) in [4.78, 5) is 25.3. The molecule has 1 amide bonds. The van der Waals surface area contributed by atoms with Crippen molar-refractivity contribution < 1.29 is 14.3 Å². The van der Waals surface area contributed by atoms with E-state index in [4.69, 9.17) is 9.47 Å². The lowest BCUT2D eigenvalue weighted by Crippen LogP contribution is -2.39. The zero-order valence-corrected chi connectivity index (χ0v) is 17.3. The molecule has 1 aliphatic carbocycles. The van der Waals surface area contributed by atoms with Crippen LogP contribution >= 0.6 is 0 Å². The molecule has 0 atom stereocenters. The van der Waals surface area contributed by atoms with Crippen LogP contribution in [0.1, 0.15) is 32.1 Å². The molecule has 2 aromatic heterocycles. The monoisotopic (exact) mass is 410 g/mol. The number of amides is 1. The third-order valence-electron chi connectivity index (χ3n) is 5.57. The fourth-order valence-electron chi connectivity index (χ4n) is 3.96. The first-order chi connectivity index (χ1) is 14.6. The summed E-state index contributed by atoms with van der Waals surface area (Å²) < 4.78 is 13.6. The van der Waals surface area contributed by atoms with E-state index in [0.29, 0.717) is 22.7 Å². The average Bonchev–Trinajstić information content (AvgIpc) is 3.21. The molecular weight excluding hydrogens is 384 g/mol. The smallest absolute Gasteiger partial charge is 0.277 e. The molecule has 0 bridgehead atoms. The van der Waals surface area contributed by atoms with Gasteiger partial charge in [-0.1, -0.05) is 19.3 Å². The molecule has 3 aromatic rings. The SMILES string of the molecule is COc1ccc(-c2cc3c(=O)n(CC(=O)NC4CCCCC4)ccn3n2)cc1OC. The maximum atomic E-state index is 12.9. The van der Waals surface area contributed by atoms with Gasteiger partial charge in [-0.25, -0.2) is 4.52 Å². The maximum absolute atomic E-state index is 12.9. The second-order valence-corrected chi connectivity index (χ2v) is 7.56. The molecule has 0 aliphatic heterocycles. The van der Waals surface area contributed by atoms with Crippen LogP contribution in [0.5, 0.6) is 11.5 Å². The number of nitrogens with zero attached hydrogens (tertiary/aromatic N) is 3. The molecular formula is C22H26N4O4. The van der Waals surface area contributed by atoms with Crippen molar-refractivity contribution in [3.8, 4) is 22.8 Å². The lowest BCUT2D eigenvalue weighted by Gasteiger charge is -2.22. The van der Waals surface area contributed by atoms with Gasteiger partial charge in [-0.15, -0.1) is 0 Å². The van der Waals surface area contributed by atoms with Crippen LogP contribution < -0.4 is 20.3 Å². The molecule has 8 nitrogen and oxygen atoms in total. The summed E-state index contributed by atoms with van der Waals surface area (Å²) >= 11 is 0. The van der Waals surface area contributed by atoms with Crippen LogP contribution in [0.3, 0.4) is 0 Å². The molecule has 1 fully saturated rings. The standard InChI is InChI=1S/C22H26N4O4/c1-29-19-9-8-15(12-20(19)30-2)17-13-18-22(28)25(10-11-26(18)24-17)14-21(27)23-16-6-4-3-5-7-16/h8-13,16H,3-7,14H2,1-2H3,(H,23,27). The lowest BCUT2D eigenvalue weighted by molar-refractivity contribution is -0.122. The van der Waals surface area contributed by atoms with Crippen LogP contribution in [0.15, 0.2) is 41.5 Å². The van der Waals surface area contributed by atoms with E-state index >= 15 is 0 Å². The number of hydrogen-bond acceptors (Lipinski definition) is 5. The molecule has 0 unspecified atom stereocenters. The van der Waals surface area contributed by atoms with Crippen molar-refractivity contribution in [3.05, 3.63) is 47.0 Å². The summed E-state index contributed by atoms with van der Waals surface area (Å²) in [5, 5.41) is 7.55. The van der Waals surface area contributed by atoms with Crippen LogP contribution in [0, 0.1) is 0 Å². The van der Waals surface area contributed by atoms with Gasteiger partial charge < -0.3 is 19.4 Å². The van der Waals surface area contributed by atoms with E-state index in [9.17, 15) is 9.59 Å². The number of carbonyl (C=O) groups excluding carboxylic acids is 1. The first-order valence-corrected chi connectivity index (χ1v) is 10.2. The van der Waals surface area contributed by atoms with Crippen molar-refractivity contribution >= 4 is 11.4 Å². The van der Waals surface area contributed by atoms with E-state index in [1.165, 1.54) is 15.5 Å². The van der Waals surface area contributed by atoms with Gasteiger partial charge >= 0.3 is 0 Å². The minimum atomic E-state index is -0.254. The van der Waals surface area contributed by atoms with Crippen LogP contribution in [-0.4, -0.2) is 40.3 Å². The topological polar surface area (TPSA) is 86.9 Å². The number of nitrogens with one attached hydrogen (secondary N) is 1. The number of benzene rings is 1.